The third kappa shape index (κ3) is 5.46. The molecule has 4 heteroatoms. The topological polar surface area (TPSA) is 44.3 Å². The van der Waals surface area contributed by atoms with Crippen LogP contribution in [0.15, 0.2) is 42.5 Å². The molecule has 0 aromatic heterocycles. The quantitative estimate of drug-likeness (QED) is 0.769. The van der Waals surface area contributed by atoms with Gasteiger partial charge in [0.2, 0.25) is 0 Å². The molecule has 2 N–H and O–H groups in total. The molecule has 4 nitrogen and oxygen atoms in total. The summed E-state index contributed by atoms with van der Waals surface area (Å²) in [4.78, 5) is 0. The summed E-state index contributed by atoms with van der Waals surface area (Å²) in [5.74, 6) is 2.58. The van der Waals surface area contributed by atoms with Crippen LogP contribution in [0.1, 0.15) is 24.5 Å². The largest absolute Gasteiger partial charge is 0.497 e. The van der Waals surface area contributed by atoms with Crippen molar-refractivity contribution < 1.29 is 19.5 Å². The van der Waals surface area contributed by atoms with Crippen LogP contribution in [-0.4, -0.2) is 27.4 Å². The first-order valence-electron chi connectivity index (χ1n) is 8.32. The molecule has 130 valence electrons. The van der Waals surface area contributed by atoms with Crippen molar-refractivity contribution in [1.29, 1.82) is 0 Å². The number of benzene rings is 2. The summed E-state index contributed by atoms with van der Waals surface area (Å²) in [7, 11) is 5.05. The van der Waals surface area contributed by atoms with Crippen LogP contribution >= 0.6 is 0 Å². The van der Waals surface area contributed by atoms with Crippen molar-refractivity contribution in [2.24, 2.45) is 0 Å². The lowest BCUT2D eigenvalue weighted by molar-refractivity contribution is -0.701. The van der Waals surface area contributed by atoms with Gasteiger partial charge < -0.3 is 19.5 Å². The lowest BCUT2D eigenvalue weighted by Gasteiger charge is -2.12. The van der Waals surface area contributed by atoms with Crippen LogP contribution < -0.4 is 19.5 Å². The minimum Gasteiger partial charge on any atom is -0.497 e. The van der Waals surface area contributed by atoms with E-state index in [9.17, 15) is 0 Å². The number of nitrogens with two attached hydrogens (primary N) is 1. The van der Waals surface area contributed by atoms with Crippen molar-refractivity contribution in [3.63, 3.8) is 0 Å². The SMILES string of the molecule is COc1ccc(CC[C@@H](C)[NH2+]Cc2cc(OC)cc(OC)c2)cc1. The van der Waals surface area contributed by atoms with Gasteiger partial charge in [0.25, 0.3) is 0 Å². The van der Waals surface area contributed by atoms with Crippen molar-refractivity contribution in [3.8, 4) is 17.2 Å². The molecule has 1 atom stereocenters. The first-order valence-corrected chi connectivity index (χ1v) is 8.32. The third-order valence-corrected chi connectivity index (χ3v) is 4.21. The predicted molar refractivity (Wildman–Crippen MR) is 96.0 cm³/mol. The molecular weight excluding hydrogens is 302 g/mol. The number of ether oxygens (including phenoxy) is 3. The normalized spacial score (nSPS) is 11.8. The van der Waals surface area contributed by atoms with Gasteiger partial charge in [-0.2, -0.15) is 0 Å². The number of hydrogen-bond donors (Lipinski definition) is 1. The Labute approximate surface area is 144 Å². The average molecular weight is 330 g/mol. The molecule has 0 radical (unpaired) electrons. The highest BCUT2D eigenvalue weighted by Crippen LogP contribution is 2.21. The smallest absolute Gasteiger partial charge is 0.123 e. The fourth-order valence-electron chi connectivity index (χ4n) is 2.63. The second kappa shape index (κ2) is 9.18. The molecule has 2 aromatic carbocycles. The van der Waals surface area contributed by atoms with Crippen LogP contribution in [-0.2, 0) is 13.0 Å². The summed E-state index contributed by atoms with van der Waals surface area (Å²) in [5.41, 5.74) is 2.56. The second-order valence-corrected chi connectivity index (χ2v) is 6.02. The van der Waals surface area contributed by atoms with Crippen molar-refractivity contribution in [2.45, 2.75) is 32.4 Å². The fourth-order valence-corrected chi connectivity index (χ4v) is 2.63. The molecule has 24 heavy (non-hydrogen) atoms. The van der Waals surface area contributed by atoms with Gasteiger partial charge in [-0.1, -0.05) is 12.1 Å². The summed E-state index contributed by atoms with van der Waals surface area (Å²) in [6.07, 6.45) is 2.20. The zero-order valence-corrected chi connectivity index (χ0v) is 15.0. The van der Waals surface area contributed by atoms with Gasteiger partial charge in [0.15, 0.2) is 0 Å². The minimum absolute atomic E-state index is 0.546. The molecule has 0 aliphatic rings. The highest BCUT2D eigenvalue weighted by Gasteiger charge is 2.08. The fraction of sp³-hybridized carbons (Fsp3) is 0.400. The standard InChI is InChI=1S/C20H27NO3/c1-15(5-6-16-7-9-18(22-2)10-8-16)21-14-17-11-19(23-3)13-20(12-17)24-4/h7-13,15,21H,5-6,14H2,1-4H3/p+1/t15-/m1/s1. The number of hydrogen-bond acceptors (Lipinski definition) is 3. The second-order valence-electron chi connectivity index (χ2n) is 6.02. The van der Waals surface area contributed by atoms with Gasteiger partial charge in [0.05, 0.1) is 27.4 Å². The van der Waals surface area contributed by atoms with Gasteiger partial charge in [-0.25, -0.2) is 0 Å². The molecule has 0 bridgehead atoms. The van der Waals surface area contributed by atoms with Gasteiger partial charge in [0.1, 0.15) is 23.8 Å². The molecule has 2 aromatic rings. The van der Waals surface area contributed by atoms with Crippen molar-refractivity contribution in [3.05, 3.63) is 53.6 Å². The Morgan fingerprint density at radius 1 is 0.792 bits per heavy atom. The van der Waals surface area contributed by atoms with E-state index in [1.54, 1.807) is 21.3 Å². The summed E-state index contributed by atoms with van der Waals surface area (Å²) in [6, 6.07) is 14.9. The van der Waals surface area contributed by atoms with Crippen LogP contribution in [0.2, 0.25) is 0 Å². The maximum absolute atomic E-state index is 5.32. The highest BCUT2D eigenvalue weighted by atomic mass is 16.5. The first kappa shape index (κ1) is 18.1. The van der Waals surface area contributed by atoms with Crippen molar-refractivity contribution in [1.82, 2.24) is 0 Å². The Hall–Kier alpha value is -2.20. The Morgan fingerprint density at radius 3 is 1.92 bits per heavy atom. The Kier molecular flexibility index (Phi) is 6.94. The molecule has 0 saturated heterocycles. The molecule has 0 amide bonds. The number of quaternary nitrogens is 1. The van der Waals surface area contributed by atoms with Gasteiger partial charge >= 0.3 is 0 Å². The zero-order chi connectivity index (χ0) is 17.4. The molecular formula is C20H28NO3+. The van der Waals surface area contributed by atoms with E-state index in [4.69, 9.17) is 14.2 Å². The first-order chi connectivity index (χ1) is 11.6. The van der Waals surface area contributed by atoms with Gasteiger partial charge in [-0.15, -0.1) is 0 Å². The lowest BCUT2D eigenvalue weighted by atomic mass is 10.1. The number of rotatable bonds is 9. The summed E-state index contributed by atoms with van der Waals surface area (Å²) >= 11 is 0. The van der Waals surface area contributed by atoms with E-state index >= 15 is 0 Å². The van der Waals surface area contributed by atoms with Gasteiger partial charge in [-0.05, 0) is 43.2 Å². The van der Waals surface area contributed by atoms with Crippen LogP contribution in [0.25, 0.3) is 0 Å². The van der Waals surface area contributed by atoms with Crippen molar-refractivity contribution >= 4 is 0 Å². The van der Waals surface area contributed by atoms with E-state index in [0.717, 1.165) is 36.6 Å². The predicted octanol–water partition coefficient (Wildman–Crippen LogP) is 2.80. The number of aryl methyl sites for hydroxylation is 1. The van der Waals surface area contributed by atoms with E-state index in [1.807, 2.05) is 18.2 Å². The van der Waals surface area contributed by atoms with E-state index in [1.165, 1.54) is 11.1 Å². The van der Waals surface area contributed by atoms with E-state index < -0.39 is 0 Å². The molecule has 0 aliphatic heterocycles. The Morgan fingerprint density at radius 2 is 1.38 bits per heavy atom. The average Bonchev–Trinajstić information content (AvgIpc) is 2.64. The van der Waals surface area contributed by atoms with E-state index in [0.29, 0.717) is 6.04 Å². The van der Waals surface area contributed by atoms with Crippen LogP contribution in [0, 0.1) is 0 Å². The minimum atomic E-state index is 0.546. The molecule has 0 heterocycles. The van der Waals surface area contributed by atoms with Crippen LogP contribution in [0.5, 0.6) is 17.2 Å². The molecule has 0 saturated carbocycles. The maximum atomic E-state index is 5.32. The monoisotopic (exact) mass is 330 g/mol. The molecule has 2 rings (SSSR count). The lowest BCUT2D eigenvalue weighted by Crippen LogP contribution is -2.87. The van der Waals surface area contributed by atoms with Gasteiger partial charge in [0, 0.05) is 18.1 Å². The van der Waals surface area contributed by atoms with Crippen molar-refractivity contribution in [2.75, 3.05) is 21.3 Å². The number of methoxy groups -OCH3 is 3. The third-order valence-electron chi connectivity index (χ3n) is 4.21. The Bertz CT molecular complexity index is 603. The van der Waals surface area contributed by atoms with Gasteiger partial charge in [-0.3, -0.25) is 0 Å². The molecule has 0 aliphatic carbocycles. The maximum Gasteiger partial charge on any atom is 0.123 e. The molecule has 0 fully saturated rings. The summed E-state index contributed by atoms with van der Waals surface area (Å²) in [5, 5.41) is 2.36. The summed E-state index contributed by atoms with van der Waals surface area (Å²) in [6.45, 7) is 3.18. The van der Waals surface area contributed by atoms with Crippen LogP contribution in [0.3, 0.4) is 0 Å². The van der Waals surface area contributed by atoms with E-state index in [-0.39, 0.29) is 0 Å². The Balaban J connectivity index is 1.83. The van der Waals surface area contributed by atoms with E-state index in [2.05, 4.69) is 36.5 Å². The van der Waals surface area contributed by atoms with Crippen LogP contribution in [0.4, 0.5) is 0 Å². The zero-order valence-electron chi connectivity index (χ0n) is 15.0. The molecule has 0 unspecified atom stereocenters. The highest BCUT2D eigenvalue weighted by molar-refractivity contribution is 5.38. The molecule has 0 spiro atoms. The summed E-state index contributed by atoms with van der Waals surface area (Å²) < 4.78 is 15.8.